The van der Waals surface area contributed by atoms with Crippen LogP contribution in [0.3, 0.4) is 0 Å². The van der Waals surface area contributed by atoms with Crippen molar-refractivity contribution in [3.8, 4) is 5.75 Å². The largest absolute Gasteiger partial charge is 0.489 e. The Morgan fingerprint density at radius 1 is 1.06 bits per heavy atom. The Morgan fingerprint density at radius 3 is 2.53 bits per heavy atom. The molecule has 1 aromatic heterocycles. The first kappa shape index (κ1) is 22.3. The lowest BCUT2D eigenvalue weighted by molar-refractivity contribution is -0.139. The van der Waals surface area contributed by atoms with Gasteiger partial charge in [0, 0.05) is 45.5 Å². The van der Waals surface area contributed by atoms with E-state index in [4.69, 9.17) is 4.74 Å². The molecule has 170 valence electrons. The third-order valence-electron chi connectivity index (χ3n) is 6.45. The molecule has 32 heavy (non-hydrogen) atoms. The van der Waals surface area contributed by atoms with E-state index in [1.165, 1.54) is 0 Å². The van der Waals surface area contributed by atoms with Gasteiger partial charge in [-0.15, -0.1) is 0 Å². The average molecular weight is 437 g/mol. The number of likely N-dealkylation sites (N-methyl/N-ethyl adjacent to an activating group) is 1. The summed E-state index contributed by atoms with van der Waals surface area (Å²) in [6.07, 6.45) is 3.70. The SMILES string of the molecule is CCN1CCN(C(=O)c2ccccc2OC2CCN(Cc3ccccn3)CC2)[C@@H](C)C1=O. The van der Waals surface area contributed by atoms with Gasteiger partial charge in [0.2, 0.25) is 5.91 Å². The smallest absolute Gasteiger partial charge is 0.258 e. The number of amides is 2. The Bertz CT molecular complexity index is 928. The van der Waals surface area contributed by atoms with Crippen LogP contribution >= 0.6 is 0 Å². The molecule has 0 bridgehead atoms. The number of carbonyl (C=O) groups excluding carboxylic acids is 2. The number of nitrogens with zero attached hydrogens (tertiary/aromatic N) is 4. The summed E-state index contributed by atoms with van der Waals surface area (Å²) < 4.78 is 6.32. The number of aromatic nitrogens is 1. The Hall–Kier alpha value is -2.93. The summed E-state index contributed by atoms with van der Waals surface area (Å²) in [7, 11) is 0. The fourth-order valence-electron chi connectivity index (χ4n) is 4.51. The molecule has 2 saturated heterocycles. The third kappa shape index (κ3) is 4.93. The molecule has 2 aromatic rings. The van der Waals surface area contributed by atoms with E-state index in [1.54, 1.807) is 15.9 Å². The molecule has 0 aliphatic carbocycles. The Balaban J connectivity index is 1.38. The molecular weight excluding hydrogens is 404 g/mol. The molecule has 2 fully saturated rings. The van der Waals surface area contributed by atoms with Gasteiger partial charge in [-0.2, -0.15) is 0 Å². The minimum Gasteiger partial charge on any atom is -0.489 e. The van der Waals surface area contributed by atoms with Crippen LogP contribution in [0.25, 0.3) is 0 Å². The van der Waals surface area contributed by atoms with Gasteiger partial charge in [-0.25, -0.2) is 0 Å². The number of hydrogen-bond donors (Lipinski definition) is 0. The van der Waals surface area contributed by atoms with Gasteiger partial charge < -0.3 is 14.5 Å². The molecule has 7 nitrogen and oxygen atoms in total. The van der Waals surface area contributed by atoms with E-state index in [1.807, 2.05) is 50.4 Å². The van der Waals surface area contributed by atoms with Crippen LogP contribution in [0.5, 0.6) is 5.75 Å². The third-order valence-corrected chi connectivity index (χ3v) is 6.45. The Morgan fingerprint density at radius 2 is 1.81 bits per heavy atom. The zero-order chi connectivity index (χ0) is 22.5. The summed E-state index contributed by atoms with van der Waals surface area (Å²) in [4.78, 5) is 36.2. The van der Waals surface area contributed by atoms with Crippen molar-refractivity contribution in [2.75, 3.05) is 32.7 Å². The maximum atomic E-state index is 13.3. The van der Waals surface area contributed by atoms with E-state index >= 15 is 0 Å². The molecule has 0 N–H and O–H groups in total. The van der Waals surface area contributed by atoms with Gasteiger partial charge in [0.1, 0.15) is 17.9 Å². The lowest BCUT2D eigenvalue weighted by Crippen LogP contribution is -2.57. The van der Waals surface area contributed by atoms with E-state index in [2.05, 4.69) is 16.0 Å². The maximum absolute atomic E-state index is 13.3. The van der Waals surface area contributed by atoms with Gasteiger partial charge in [0.25, 0.3) is 5.91 Å². The van der Waals surface area contributed by atoms with Crippen LogP contribution in [0.15, 0.2) is 48.7 Å². The molecule has 0 saturated carbocycles. The number of piperidine rings is 1. The van der Waals surface area contributed by atoms with E-state index in [9.17, 15) is 9.59 Å². The molecule has 2 aliphatic rings. The van der Waals surface area contributed by atoms with Gasteiger partial charge in [0.05, 0.1) is 11.3 Å². The molecule has 4 rings (SSSR count). The highest BCUT2D eigenvalue weighted by Crippen LogP contribution is 2.26. The summed E-state index contributed by atoms with van der Waals surface area (Å²) in [6.45, 7) is 8.27. The molecule has 1 aromatic carbocycles. The molecule has 3 heterocycles. The van der Waals surface area contributed by atoms with Crippen molar-refractivity contribution < 1.29 is 14.3 Å². The summed E-state index contributed by atoms with van der Waals surface area (Å²) in [5.41, 5.74) is 1.61. The average Bonchev–Trinajstić information content (AvgIpc) is 2.83. The van der Waals surface area contributed by atoms with Crippen LogP contribution in [0.4, 0.5) is 0 Å². The van der Waals surface area contributed by atoms with Gasteiger partial charge in [-0.3, -0.25) is 19.5 Å². The number of para-hydroxylation sites is 1. The van der Waals surface area contributed by atoms with Crippen LogP contribution in [0, 0.1) is 0 Å². The molecule has 2 amide bonds. The molecule has 0 radical (unpaired) electrons. The minimum atomic E-state index is -0.459. The van der Waals surface area contributed by atoms with E-state index < -0.39 is 6.04 Å². The Labute approximate surface area is 190 Å². The highest BCUT2D eigenvalue weighted by Gasteiger charge is 2.35. The van der Waals surface area contributed by atoms with E-state index in [0.717, 1.165) is 38.2 Å². The van der Waals surface area contributed by atoms with Crippen LogP contribution in [-0.4, -0.2) is 76.4 Å². The van der Waals surface area contributed by atoms with E-state index in [0.29, 0.717) is 30.9 Å². The first-order valence-electron chi connectivity index (χ1n) is 11.5. The van der Waals surface area contributed by atoms with E-state index in [-0.39, 0.29) is 17.9 Å². The first-order valence-corrected chi connectivity index (χ1v) is 11.5. The quantitative estimate of drug-likeness (QED) is 0.697. The van der Waals surface area contributed by atoms with Crippen LogP contribution in [0.2, 0.25) is 0 Å². The fraction of sp³-hybridized carbons (Fsp3) is 0.480. The number of rotatable bonds is 6. The highest BCUT2D eigenvalue weighted by atomic mass is 16.5. The number of pyridine rings is 1. The number of ether oxygens (including phenoxy) is 1. The second-order valence-electron chi connectivity index (χ2n) is 8.50. The minimum absolute atomic E-state index is 0.00535. The molecular formula is C25H32N4O3. The summed E-state index contributed by atoms with van der Waals surface area (Å²) >= 11 is 0. The van der Waals surface area contributed by atoms with Crippen molar-refractivity contribution in [3.63, 3.8) is 0 Å². The number of carbonyl (C=O) groups is 2. The van der Waals surface area contributed by atoms with Crippen molar-refractivity contribution in [2.45, 2.75) is 45.4 Å². The van der Waals surface area contributed by atoms with Gasteiger partial charge in [0.15, 0.2) is 0 Å². The zero-order valence-corrected chi connectivity index (χ0v) is 18.9. The van der Waals surface area contributed by atoms with Gasteiger partial charge in [-0.05, 0) is 51.0 Å². The van der Waals surface area contributed by atoms with Crippen molar-refractivity contribution in [3.05, 3.63) is 59.9 Å². The fourth-order valence-corrected chi connectivity index (χ4v) is 4.51. The molecule has 2 aliphatic heterocycles. The van der Waals surface area contributed by atoms with Crippen molar-refractivity contribution >= 4 is 11.8 Å². The first-order chi connectivity index (χ1) is 15.6. The summed E-state index contributed by atoms with van der Waals surface area (Å²) in [5, 5.41) is 0. The predicted octanol–water partition coefficient (Wildman–Crippen LogP) is 2.82. The zero-order valence-electron chi connectivity index (χ0n) is 18.9. The predicted molar refractivity (Wildman–Crippen MR) is 122 cm³/mol. The topological polar surface area (TPSA) is 66.0 Å². The lowest BCUT2D eigenvalue weighted by Gasteiger charge is -2.39. The van der Waals surface area contributed by atoms with Crippen molar-refractivity contribution in [1.29, 1.82) is 0 Å². The standard InChI is InChI=1S/C25H32N4O3/c1-3-28-16-17-29(19(2)24(28)30)25(31)22-9-4-5-10-23(22)32-21-11-14-27(15-12-21)18-20-8-6-7-13-26-20/h4-10,13,19,21H,3,11-12,14-18H2,1-2H3/t19-/m0/s1. The van der Waals surface area contributed by atoms with Crippen molar-refractivity contribution in [1.82, 2.24) is 19.7 Å². The monoisotopic (exact) mass is 436 g/mol. The molecule has 0 unspecified atom stereocenters. The second kappa shape index (κ2) is 10.1. The van der Waals surface area contributed by atoms with Gasteiger partial charge >= 0.3 is 0 Å². The van der Waals surface area contributed by atoms with Crippen LogP contribution < -0.4 is 4.74 Å². The number of benzene rings is 1. The second-order valence-corrected chi connectivity index (χ2v) is 8.50. The van der Waals surface area contributed by atoms with Crippen LogP contribution in [0.1, 0.15) is 42.7 Å². The maximum Gasteiger partial charge on any atom is 0.258 e. The summed E-state index contributed by atoms with van der Waals surface area (Å²) in [6, 6.07) is 13.0. The number of likely N-dealkylation sites (tertiary alicyclic amines) is 1. The van der Waals surface area contributed by atoms with Crippen molar-refractivity contribution in [2.24, 2.45) is 0 Å². The Kier molecular flexibility index (Phi) is 7.05. The highest BCUT2D eigenvalue weighted by molar-refractivity contribution is 6.00. The van der Waals surface area contributed by atoms with Gasteiger partial charge in [-0.1, -0.05) is 18.2 Å². The summed E-state index contributed by atoms with van der Waals surface area (Å²) in [5.74, 6) is 0.480. The molecule has 1 atom stereocenters. The normalized spacial score (nSPS) is 20.4. The number of piperazine rings is 1. The molecule has 0 spiro atoms. The number of hydrogen-bond acceptors (Lipinski definition) is 5. The molecule has 7 heteroatoms. The lowest BCUT2D eigenvalue weighted by atomic mass is 10.1. The van der Waals surface area contributed by atoms with Crippen LogP contribution in [-0.2, 0) is 11.3 Å².